The Balaban J connectivity index is 4.16. The summed E-state index contributed by atoms with van der Waals surface area (Å²) in [6.07, 6.45) is 2.40. The minimum absolute atomic E-state index is 0.186. The average Bonchev–Trinajstić information content (AvgIpc) is 2.33. The van der Waals surface area contributed by atoms with E-state index in [0.29, 0.717) is 25.8 Å². The Morgan fingerprint density at radius 1 is 1.24 bits per heavy atom. The Morgan fingerprint density at radius 3 is 2.24 bits per heavy atom. The molecule has 21 heavy (non-hydrogen) atoms. The molecule has 0 bridgehead atoms. The van der Waals surface area contributed by atoms with E-state index < -0.39 is 21.3 Å². The monoisotopic (exact) mass is 345 g/mol. The van der Waals surface area contributed by atoms with Crippen molar-refractivity contribution in [3.05, 3.63) is 12.7 Å². The number of hydrogen-bond donors (Lipinski definition) is 4. The highest BCUT2D eigenvalue weighted by molar-refractivity contribution is 7.53. The van der Waals surface area contributed by atoms with Gasteiger partial charge in [-0.15, -0.1) is 0 Å². The van der Waals surface area contributed by atoms with Crippen LogP contribution in [-0.4, -0.2) is 49.8 Å². The van der Waals surface area contributed by atoms with Crippen molar-refractivity contribution in [1.29, 1.82) is 0 Å². The summed E-state index contributed by atoms with van der Waals surface area (Å²) in [6, 6.07) is 0. The standard InChI is InChI=1S/C10H21NO8P2/c1-3-9(12)11(2)8-6-4-5-7-10(20(13,14)15)19-21(16,17)18/h3,10H,1,4-8H2,2H3,(H2,13,14,15)(H2,16,17,18). The molecule has 1 atom stereocenters. The van der Waals surface area contributed by atoms with Gasteiger partial charge in [-0.1, -0.05) is 19.4 Å². The van der Waals surface area contributed by atoms with E-state index in [9.17, 15) is 13.9 Å². The number of nitrogens with zero attached hydrogens (tertiary/aromatic N) is 1. The predicted octanol–water partition coefficient (Wildman–Crippen LogP) is 0.804. The summed E-state index contributed by atoms with van der Waals surface area (Å²) < 4.78 is 25.8. The molecular formula is C10H21NO8P2. The number of rotatable bonds is 10. The van der Waals surface area contributed by atoms with Crippen LogP contribution in [0, 0.1) is 0 Å². The summed E-state index contributed by atoms with van der Waals surface area (Å²) in [7, 11) is -8.12. The third-order valence-corrected chi connectivity index (χ3v) is 4.44. The molecule has 0 aliphatic carbocycles. The molecule has 0 fully saturated rings. The number of phosphoric ester groups is 1. The Hall–Kier alpha value is -0.530. The molecule has 0 aliphatic rings. The van der Waals surface area contributed by atoms with Gasteiger partial charge in [0.15, 0.2) is 5.85 Å². The maximum Gasteiger partial charge on any atom is 0.470 e. The molecule has 0 rings (SSSR count). The molecule has 1 unspecified atom stereocenters. The third-order valence-electron chi connectivity index (χ3n) is 2.63. The van der Waals surface area contributed by atoms with E-state index in [4.69, 9.17) is 19.6 Å². The minimum Gasteiger partial charge on any atom is -0.342 e. The maximum absolute atomic E-state index is 11.2. The van der Waals surface area contributed by atoms with E-state index in [1.165, 1.54) is 11.0 Å². The van der Waals surface area contributed by atoms with Gasteiger partial charge in [0.1, 0.15) is 0 Å². The first kappa shape index (κ1) is 20.5. The second kappa shape index (κ2) is 8.80. The lowest BCUT2D eigenvalue weighted by molar-refractivity contribution is -0.124. The van der Waals surface area contributed by atoms with E-state index in [1.54, 1.807) is 7.05 Å². The van der Waals surface area contributed by atoms with Crippen LogP contribution in [0.1, 0.15) is 25.7 Å². The van der Waals surface area contributed by atoms with Crippen molar-refractivity contribution < 1.29 is 38.0 Å². The zero-order chi connectivity index (χ0) is 16.7. The minimum atomic E-state index is -4.96. The predicted molar refractivity (Wildman–Crippen MR) is 75.3 cm³/mol. The van der Waals surface area contributed by atoms with E-state index >= 15 is 0 Å². The van der Waals surface area contributed by atoms with Gasteiger partial charge in [0.25, 0.3) is 0 Å². The molecule has 0 spiro atoms. The lowest BCUT2D eigenvalue weighted by Crippen LogP contribution is -2.25. The first-order chi connectivity index (χ1) is 9.47. The van der Waals surface area contributed by atoms with Crippen molar-refractivity contribution >= 4 is 21.3 Å². The third kappa shape index (κ3) is 9.92. The van der Waals surface area contributed by atoms with Gasteiger partial charge < -0.3 is 24.5 Å². The van der Waals surface area contributed by atoms with Gasteiger partial charge in [-0.2, -0.15) is 0 Å². The smallest absolute Gasteiger partial charge is 0.342 e. The highest BCUT2D eigenvalue weighted by Gasteiger charge is 2.35. The Bertz CT molecular complexity index is 442. The second-order valence-electron chi connectivity index (χ2n) is 4.45. The van der Waals surface area contributed by atoms with Crippen molar-refractivity contribution in [1.82, 2.24) is 4.90 Å². The fourth-order valence-electron chi connectivity index (χ4n) is 1.55. The van der Waals surface area contributed by atoms with Gasteiger partial charge in [-0.05, 0) is 18.9 Å². The number of carbonyl (C=O) groups excluding carboxylic acids is 1. The van der Waals surface area contributed by atoms with Crippen LogP contribution in [-0.2, 0) is 18.4 Å². The molecule has 0 heterocycles. The van der Waals surface area contributed by atoms with Crippen molar-refractivity contribution in [3.8, 4) is 0 Å². The lowest BCUT2D eigenvalue weighted by Gasteiger charge is -2.19. The first-order valence-electron chi connectivity index (χ1n) is 6.14. The van der Waals surface area contributed by atoms with Crippen molar-refractivity contribution in [2.24, 2.45) is 0 Å². The van der Waals surface area contributed by atoms with Gasteiger partial charge >= 0.3 is 15.4 Å². The SMILES string of the molecule is C=CC(=O)N(C)CCCCCC(OP(=O)(O)O)P(=O)(O)O. The van der Waals surface area contributed by atoms with Crippen LogP contribution in [0.25, 0.3) is 0 Å². The molecule has 0 aromatic carbocycles. The zero-order valence-corrected chi connectivity index (χ0v) is 13.4. The summed E-state index contributed by atoms with van der Waals surface area (Å²) in [4.78, 5) is 47.8. The number of hydrogen-bond acceptors (Lipinski definition) is 4. The molecule has 124 valence electrons. The molecule has 0 aliphatic heterocycles. The number of likely N-dealkylation sites (N-methyl/N-ethyl adjacent to an activating group) is 1. The number of carbonyl (C=O) groups is 1. The first-order valence-corrected chi connectivity index (χ1v) is 9.35. The van der Waals surface area contributed by atoms with Gasteiger partial charge in [-0.25, -0.2) is 4.57 Å². The van der Waals surface area contributed by atoms with Gasteiger partial charge in [0, 0.05) is 13.6 Å². The average molecular weight is 345 g/mol. The molecule has 0 saturated carbocycles. The Morgan fingerprint density at radius 2 is 1.81 bits per heavy atom. The summed E-state index contributed by atoms with van der Waals surface area (Å²) in [5.74, 6) is -2.06. The number of unbranched alkanes of at least 4 members (excludes halogenated alkanes) is 2. The van der Waals surface area contributed by atoms with Crippen molar-refractivity contribution in [3.63, 3.8) is 0 Å². The highest BCUT2D eigenvalue weighted by atomic mass is 31.2. The summed E-state index contributed by atoms with van der Waals surface area (Å²) in [5, 5.41) is 0. The lowest BCUT2D eigenvalue weighted by atomic mass is 10.2. The zero-order valence-electron chi connectivity index (χ0n) is 11.7. The molecule has 1 amide bonds. The summed E-state index contributed by atoms with van der Waals surface area (Å²) >= 11 is 0. The highest BCUT2D eigenvalue weighted by Crippen LogP contribution is 2.52. The largest absolute Gasteiger partial charge is 0.470 e. The van der Waals surface area contributed by atoms with Crippen molar-refractivity contribution in [2.45, 2.75) is 31.5 Å². The molecular weight excluding hydrogens is 324 g/mol. The van der Waals surface area contributed by atoms with E-state index in [2.05, 4.69) is 11.1 Å². The normalized spacial score (nSPS) is 13.8. The van der Waals surface area contributed by atoms with Gasteiger partial charge in [0.2, 0.25) is 5.91 Å². The quantitative estimate of drug-likeness (QED) is 0.258. The van der Waals surface area contributed by atoms with Crippen LogP contribution >= 0.6 is 15.4 Å². The van der Waals surface area contributed by atoms with E-state index in [-0.39, 0.29) is 12.3 Å². The molecule has 11 heteroatoms. The fourth-order valence-corrected chi connectivity index (χ4v) is 3.35. The number of amides is 1. The fraction of sp³-hybridized carbons (Fsp3) is 0.700. The summed E-state index contributed by atoms with van der Waals surface area (Å²) in [5.41, 5.74) is 0. The molecule has 0 saturated heterocycles. The molecule has 4 N–H and O–H groups in total. The van der Waals surface area contributed by atoms with Gasteiger partial charge in [-0.3, -0.25) is 13.9 Å². The van der Waals surface area contributed by atoms with E-state index in [1.807, 2.05) is 0 Å². The molecule has 0 aromatic heterocycles. The van der Waals surface area contributed by atoms with Crippen LogP contribution in [0.4, 0.5) is 0 Å². The van der Waals surface area contributed by atoms with Crippen LogP contribution < -0.4 is 0 Å². The molecule has 9 nitrogen and oxygen atoms in total. The maximum atomic E-state index is 11.2. The topological polar surface area (TPSA) is 145 Å². The van der Waals surface area contributed by atoms with Gasteiger partial charge in [0.05, 0.1) is 0 Å². The molecule has 0 aromatic rings. The van der Waals surface area contributed by atoms with Crippen molar-refractivity contribution in [2.75, 3.05) is 13.6 Å². The molecule has 0 radical (unpaired) electrons. The number of phosphoric acid groups is 1. The van der Waals surface area contributed by atoms with Crippen LogP contribution in [0.2, 0.25) is 0 Å². The van der Waals surface area contributed by atoms with E-state index in [0.717, 1.165) is 0 Å². The Labute approximate surface area is 123 Å². The summed E-state index contributed by atoms with van der Waals surface area (Å²) in [6.45, 7) is 3.79. The Kier molecular flexibility index (Phi) is 8.58. The van der Waals surface area contributed by atoms with Crippen LogP contribution in [0.5, 0.6) is 0 Å². The van der Waals surface area contributed by atoms with Crippen LogP contribution in [0.3, 0.4) is 0 Å². The van der Waals surface area contributed by atoms with Crippen LogP contribution in [0.15, 0.2) is 12.7 Å². The second-order valence-corrected chi connectivity index (χ2v) is 7.40.